The molecule has 1 unspecified atom stereocenters. The van der Waals surface area contributed by atoms with Crippen LogP contribution in [0.25, 0.3) is 0 Å². The Kier molecular flexibility index (Phi) is 7.00. The van der Waals surface area contributed by atoms with Gasteiger partial charge in [0.15, 0.2) is 0 Å². The summed E-state index contributed by atoms with van der Waals surface area (Å²) in [5.41, 5.74) is 0.553. The Bertz CT molecular complexity index is 1010. The van der Waals surface area contributed by atoms with Crippen LogP contribution in [0.4, 0.5) is 4.39 Å². The number of hydrogen-bond acceptors (Lipinski definition) is 4. The molecule has 0 spiro atoms. The zero-order valence-corrected chi connectivity index (χ0v) is 20.8. The van der Waals surface area contributed by atoms with Crippen molar-refractivity contribution < 1.29 is 14.0 Å². The van der Waals surface area contributed by atoms with E-state index in [0.717, 1.165) is 18.4 Å². The van der Waals surface area contributed by atoms with Crippen LogP contribution in [0.5, 0.6) is 0 Å². The van der Waals surface area contributed by atoms with Crippen molar-refractivity contribution in [2.75, 3.05) is 0 Å². The van der Waals surface area contributed by atoms with Crippen LogP contribution in [0, 0.1) is 16.8 Å². The number of amides is 2. The maximum Gasteiger partial charge on any atom is 0.225 e. The topological polar surface area (TPSA) is 93.8 Å². The Morgan fingerprint density at radius 2 is 1.79 bits per heavy atom. The summed E-state index contributed by atoms with van der Waals surface area (Å²) in [4.78, 5) is 25.2. The summed E-state index contributed by atoms with van der Waals surface area (Å²) in [7, 11) is 0. The lowest BCUT2D eigenvalue weighted by molar-refractivity contribution is -0.129. The molecule has 0 bridgehead atoms. The van der Waals surface area contributed by atoms with E-state index < -0.39 is 22.8 Å². The summed E-state index contributed by atoms with van der Waals surface area (Å²) in [6.45, 7) is 13.2. The van der Waals surface area contributed by atoms with E-state index in [1.165, 1.54) is 4.68 Å². The molecule has 2 heterocycles. The molecule has 1 aliphatic rings. The molecule has 2 amide bonds. The van der Waals surface area contributed by atoms with Crippen LogP contribution < -0.4 is 10.6 Å². The summed E-state index contributed by atoms with van der Waals surface area (Å²) in [6, 6.07) is -0.00136. The van der Waals surface area contributed by atoms with Crippen molar-refractivity contribution in [2.45, 2.75) is 92.9 Å². The lowest BCUT2D eigenvalue weighted by atomic mass is 9.93. The quantitative estimate of drug-likeness (QED) is 0.628. The number of nitrogens with one attached hydrogen (secondary N) is 2. The molecule has 8 nitrogen and oxygen atoms in total. The number of halogens is 1. The average Bonchev–Trinajstić information content (AvgIpc) is 3.37. The lowest BCUT2D eigenvalue weighted by Crippen LogP contribution is -2.38. The molecule has 0 radical (unpaired) electrons. The first-order chi connectivity index (χ1) is 15.3. The largest absolute Gasteiger partial charge is 0.351 e. The summed E-state index contributed by atoms with van der Waals surface area (Å²) >= 11 is 0. The van der Waals surface area contributed by atoms with Crippen LogP contribution in [-0.4, -0.2) is 31.4 Å². The molecule has 33 heavy (non-hydrogen) atoms. The minimum absolute atomic E-state index is 0.0402. The summed E-state index contributed by atoms with van der Waals surface area (Å²) in [5, 5.41) is 14.9. The van der Waals surface area contributed by atoms with Crippen molar-refractivity contribution >= 4 is 11.8 Å². The van der Waals surface area contributed by atoms with Gasteiger partial charge in [-0.1, -0.05) is 41.5 Å². The molecule has 182 valence electrons. The highest BCUT2D eigenvalue weighted by Crippen LogP contribution is 2.35. The van der Waals surface area contributed by atoms with E-state index in [9.17, 15) is 9.59 Å². The van der Waals surface area contributed by atoms with Gasteiger partial charge < -0.3 is 10.6 Å². The van der Waals surface area contributed by atoms with E-state index >= 15 is 4.39 Å². The zero-order valence-electron chi connectivity index (χ0n) is 20.8. The van der Waals surface area contributed by atoms with Crippen LogP contribution in [-0.2, 0) is 29.1 Å². The van der Waals surface area contributed by atoms with Gasteiger partial charge in [0.05, 0.1) is 24.0 Å². The predicted octanol–water partition coefficient (Wildman–Crippen LogP) is 3.68. The fourth-order valence-corrected chi connectivity index (χ4v) is 3.40. The van der Waals surface area contributed by atoms with E-state index in [1.54, 1.807) is 6.20 Å². The summed E-state index contributed by atoms with van der Waals surface area (Å²) < 4.78 is 18.3. The van der Waals surface area contributed by atoms with Gasteiger partial charge >= 0.3 is 0 Å². The number of rotatable bonds is 8. The SMILES string of the molecule is CCn1nc(CC(NC(=O)C(C)(C)C)c2cnn(C3CC3)c2)c(CNC(=O)C(C)(C)C)c1F. The van der Waals surface area contributed by atoms with Gasteiger partial charge in [-0.3, -0.25) is 14.3 Å². The number of carbonyl (C=O) groups excluding carboxylic acids is 2. The van der Waals surface area contributed by atoms with E-state index in [-0.39, 0.29) is 18.4 Å². The third kappa shape index (κ3) is 6.00. The first-order valence-corrected chi connectivity index (χ1v) is 11.7. The van der Waals surface area contributed by atoms with Crippen LogP contribution in [0.2, 0.25) is 0 Å². The summed E-state index contributed by atoms with van der Waals surface area (Å²) in [5.74, 6) is -0.735. The molecule has 1 aliphatic carbocycles. The van der Waals surface area contributed by atoms with Gasteiger partial charge in [-0.2, -0.15) is 14.6 Å². The Morgan fingerprint density at radius 1 is 1.15 bits per heavy atom. The van der Waals surface area contributed by atoms with Crippen molar-refractivity contribution in [1.29, 1.82) is 0 Å². The standard InChI is InChI=1S/C24H37FN6O2/c1-8-30-20(25)17(13-26-21(32)23(2,3)4)19(29-30)11-18(28-22(33)24(5,6)7)15-12-27-31(14-15)16-9-10-16/h12,14,16,18H,8-11,13H2,1-7H3,(H,26,32)(H,28,33). The minimum Gasteiger partial charge on any atom is -0.351 e. The second-order valence-electron chi connectivity index (χ2n) is 10.9. The van der Waals surface area contributed by atoms with Gasteiger partial charge in [0.2, 0.25) is 17.8 Å². The maximum absolute atomic E-state index is 15.1. The van der Waals surface area contributed by atoms with Crippen molar-refractivity contribution in [2.24, 2.45) is 10.8 Å². The Labute approximate surface area is 195 Å². The molecule has 1 atom stereocenters. The van der Waals surface area contributed by atoms with Crippen molar-refractivity contribution in [1.82, 2.24) is 30.2 Å². The first kappa shape index (κ1) is 24.9. The van der Waals surface area contributed by atoms with Gasteiger partial charge in [0.1, 0.15) is 0 Å². The van der Waals surface area contributed by atoms with Gasteiger partial charge in [-0.25, -0.2) is 4.68 Å². The molecule has 0 aromatic carbocycles. The normalized spacial score (nSPS) is 15.4. The van der Waals surface area contributed by atoms with Crippen molar-refractivity contribution in [3.05, 3.63) is 35.2 Å². The zero-order chi connectivity index (χ0) is 24.6. The smallest absolute Gasteiger partial charge is 0.225 e. The number of hydrogen-bond donors (Lipinski definition) is 2. The number of carbonyl (C=O) groups is 2. The number of aromatic nitrogens is 4. The highest BCUT2D eigenvalue weighted by Gasteiger charge is 2.30. The molecular weight excluding hydrogens is 423 g/mol. The first-order valence-electron chi connectivity index (χ1n) is 11.7. The maximum atomic E-state index is 15.1. The Hall–Kier alpha value is -2.71. The third-order valence-electron chi connectivity index (χ3n) is 5.80. The average molecular weight is 461 g/mol. The third-order valence-corrected chi connectivity index (χ3v) is 5.80. The molecule has 0 saturated heterocycles. The molecule has 2 aromatic rings. The van der Waals surface area contributed by atoms with Gasteiger partial charge in [-0.15, -0.1) is 0 Å². The van der Waals surface area contributed by atoms with Crippen LogP contribution in [0.3, 0.4) is 0 Å². The minimum atomic E-state index is -0.585. The summed E-state index contributed by atoms with van der Waals surface area (Å²) in [6.07, 6.45) is 6.22. The van der Waals surface area contributed by atoms with E-state index in [2.05, 4.69) is 20.8 Å². The highest BCUT2D eigenvalue weighted by molar-refractivity contribution is 5.82. The second-order valence-corrected chi connectivity index (χ2v) is 10.9. The monoisotopic (exact) mass is 460 g/mol. The molecule has 2 aromatic heterocycles. The number of nitrogens with zero attached hydrogens (tertiary/aromatic N) is 4. The van der Waals surface area contributed by atoms with Crippen LogP contribution in [0.1, 0.15) is 90.2 Å². The predicted molar refractivity (Wildman–Crippen MR) is 124 cm³/mol. The van der Waals surface area contributed by atoms with Crippen molar-refractivity contribution in [3.63, 3.8) is 0 Å². The lowest BCUT2D eigenvalue weighted by Gasteiger charge is -2.24. The van der Waals surface area contributed by atoms with Crippen LogP contribution >= 0.6 is 0 Å². The van der Waals surface area contributed by atoms with Gasteiger partial charge in [0, 0.05) is 47.7 Å². The van der Waals surface area contributed by atoms with E-state index in [1.807, 2.05) is 59.3 Å². The molecule has 0 aliphatic heterocycles. The second kappa shape index (κ2) is 9.27. The highest BCUT2D eigenvalue weighted by atomic mass is 19.1. The fourth-order valence-electron chi connectivity index (χ4n) is 3.40. The number of aryl methyl sites for hydroxylation is 1. The van der Waals surface area contributed by atoms with Gasteiger partial charge in [0.25, 0.3) is 0 Å². The van der Waals surface area contributed by atoms with E-state index in [0.29, 0.717) is 30.3 Å². The molecule has 3 rings (SSSR count). The molecule has 1 saturated carbocycles. The molecular formula is C24H37FN6O2. The van der Waals surface area contributed by atoms with Crippen molar-refractivity contribution in [3.8, 4) is 0 Å². The fraction of sp³-hybridized carbons (Fsp3) is 0.667. The van der Waals surface area contributed by atoms with Crippen LogP contribution in [0.15, 0.2) is 12.4 Å². The molecule has 2 N–H and O–H groups in total. The Morgan fingerprint density at radius 3 is 2.33 bits per heavy atom. The Balaban J connectivity index is 1.90. The van der Waals surface area contributed by atoms with E-state index in [4.69, 9.17) is 0 Å². The molecule has 1 fully saturated rings. The van der Waals surface area contributed by atoms with Gasteiger partial charge in [-0.05, 0) is 19.8 Å². The molecule has 9 heteroatoms.